The van der Waals surface area contributed by atoms with Gasteiger partial charge in [-0.05, 0) is 20.2 Å². The molecule has 3 rings (SSSR count). The average molecular weight is 260 g/mol. The summed E-state index contributed by atoms with van der Waals surface area (Å²) in [5.41, 5.74) is 8.15. The molecule has 1 atom stereocenters. The van der Waals surface area contributed by atoms with Crippen molar-refractivity contribution in [2.75, 3.05) is 33.9 Å². The number of rotatable bonds is 4. The summed E-state index contributed by atoms with van der Waals surface area (Å²) in [5.74, 6) is 0. The number of furan rings is 1. The van der Waals surface area contributed by atoms with Crippen molar-refractivity contribution in [1.82, 2.24) is 4.90 Å². The number of hydrogen-bond acceptors (Lipinski definition) is 4. The highest BCUT2D eigenvalue weighted by Gasteiger charge is 2.47. The van der Waals surface area contributed by atoms with Gasteiger partial charge in [-0.15, -0.1) is 0 Å². The van der Waals surface area contributed by atoms with Crippen molar-refractivity contribution in [3.63, 3.8) is 0 Å². The van der Waals surface area contributed by atoms with Crippen molar-refractivity contribution < 1.29 is 9.15 Å². The average Bonchev–Trinajstić information content (AvgIpc) is 2.77. The van der Waals surface area contributed by atoms with E-state index in [0.717, 1.165) is 5.58 Å². The van der Waals surface area contributed by atoms with E-state index in [9.17, 15) is 0 Å². The number of nitrogens with two attached hydrogens (primary N) is 1. The van der Waals surface area contributed by atoms with E-state index in [1.54, 1.807) is 0 Å². The molecule has 0 spiro atoms. The summed E-state index contributed by atoms with van der Waals surface area (Å²) < 4.78 is 11.1. The summed E-state index contributed by atoms with van der Waals surface area (Å²) in [4.78, 5) is 2.21. The molecular weight excluding hydrogens is 240 g/mol. The molecule has 2 N–H and O–H groups in total. The van der Waals surface area contributed by atoms with E-state index in [0.29, 0.717) is 19.8 Å². The molecule has 2 heterocycles. The quantitative estimate of drug-likeness (QED) is 0.913. The van der Waals surface area contributed by atoms with Gasteiger partial charge in [0, 0.05) is 29.0 Å². The van der Waals surface area contributed by atoms with Crippen LogP contribution < -0.4 is 5.73 Å². The predicted octanol–water partition coefficient (Wildman–Crippen LogP) is 2.01. The molecule has 2 aromatic rings. The van der Waals surface area contributed by atoms with Crippen molar-refractivity contribution in [3.05, 3.63) is 36.1 Å². The lowest BCUT2D eigenvalue weighted by Gasteiger charge is -2.48. The van der Waals surface area contributed by atoms with Crippen LogP contribution >= 0.6 is 0 Å². The number of ether oxygens (including phenoxy) is 1. The fraction of sp³-hybridized carbons (Fsp3) is 0.467. The summed E-state index contributed by atoms with van der Waals surface area (Å²) >= 11 is 0. The van der Waals surface area contributed by atoms with Gasteiger partial charge in [-0.1, -0.05) is 18.2 Å². The summed E-state index contributed by atoms with van der Waals surface area (Å²) in [7, 11) is 4.17. The van der Waals surface area contributed by atoms with Gasteiger partial charge in [0.2, 0.25) is 0 Å². The largest absolute Gasteiger partial charge is 0.464 e. The molecule has 1 saturated heterocycles. The maximum atomic E-state index is 6.02. The number of para-hydroxylation sites is 1. The van der Waals surface area contributed by atoms with Gasteiger partial charge >= 0.3 is 0 Å². The van der Waals surface area contributed by atoms with E-state index in [4.69, 9.17) is 14.9 Å². The van der Waals surface area contributed by atoms with Gasteiger partial charge in [-0.3, -0.25) is 0 Å². The maximum Gasteiger partial charge on any atom is 0.134 e. The Labute approximate surface area is 113 Å². The lowest BCUT2D eigenvalue weighted by atomic mass is 9.74. The number of fused-ring (bicyclic) bond motifs is 1. The standard InChI is InChI=1S/C15H20N2O2/c1-17(2)14(15(8-16)9-18-10-15)12-7-19-13-6-4-3-5-11(12)13/h3-7,14H,8-10,16H2,1-2H3. The van der Waals surface area contributed by atoms with Gasteiger partial charge in [0.25, 0.3) is 0 Å². The molecule has 1 fully saturated rings. The summed E-state index contributed by atoms with van der Waals surface area (Å²) in [6.45, 7) is 2.05. The van der Waals surface area contributed by atoms with Crippen molar-refractivity contribution in [2.24, 2.45) is 11.1 Å². The topological polar surface area (TPSA) is 51.6 Å². The Morgan fingerprint density at radius 3 is 2.63 bits per heavy atom. The molecule has 0 saturated carbocycles. The second kappa shape index (κ2) is 4.63. The van der Waals surface area contributed by atoms with E-state index in [1.165, 1.54) is 10.9 Å². The molecule has 1 aliphatic rings. The van der Waals surface area contributed by atoms with Crippen molar-refractivity contribution in [3.8, 4) is 0 Å². The maximum absolute atomic E-state index is 6.02. The van der Waals surface area contributed by atoms with E-state index in [2.05, 4.69) is 25.1 Å². The van der Waals surface area contributed by atoms with Crippen molar-refractivity contribution in [1.29, 1.82) is 0 Å². The molecule has 0 aliphatic carbocycles. The second-order valence-electron chi connectivity index (χ2n) is 5.61. The second-order valence-corrected chi connectivity index (χ2v) is 5.61. The Bertz CT molecular complexity index is 567. The highest BCUT2D eigenvalue weighted by atomic mass is 16.5. The zero-order valence-electron chi connectivity index (χ0n) is 11.4. The first kappa shape index (κ1) is 12.7. The Hall–Kier alpha value is -1.36. The molecule has 1 aromatic carbocycles. The smallest absolute Gasteiger partial charge is 0.134 e. The van der Waals surface area contributed by atoms with Crippen LogP contribution in [0, 0.1) is 5.41 Å². The van der Waals surface area contributed by atoms with Crippen LogP contribution in [-0.4, -0.2) is 38.8 Å². The van der Waals surface area contributed by atoms with Crippen LogP contribution in [0.4, 0.5) is 0 Å². The molecule has 4 nitrogen and oxygen atoms in total. The summed E-state index contributed by atoms with van der Waals surface area (Å²) in [6.07, 6.45) is 1.87. The van der Waals surface area contributed by atoms with Gasteiger partial charge < -0.3 is 19.8 Å². The molecule has 102 valence electrons. The van der Waals surface area contributed by atoms with Crippen LogP contribution in [0.1, 0.15) is 11.6 Å². The molecule has 0 radical (unpaired) electrons. The first-order valence-electron chi connectivity index (χ1n) is 6.58. The van der Waals surface area contributed by atoms with Crippen LogP contribution in [-0.2, 0) is 4.74 Å². The fourth-order valence-electron chi connectivity index (χ4n) is 3.12. The Morgan fingerprint density at radius 1 is 1.32 bits per heavy atom. The van der Waals surface area contributed by atoms with Crippen LogP contribution in [0.25, 0.3) is 11.0 Å². The summed E-state index contributed by atoms with van der Waals surface area (Å²) in [6, 6.07) is 8.35. The Balaban J connectivity index is 2.10. The van der Waals surface area contributed by atoms with Crippen molar-refractivity contribution >= 4 is 11.0 Å². The normalized spacial score (nSPS) is 19.6. The molecule has 0 bridgehead atoms. The van der Waals surface area contributed by atoms with Crippen LogP contribution in [0.3, 0.4) is 0 Å². The Morgan fingerprint density at radius 2 is 2.05 bits per heavy atom. The molecule has 19 heavy (non-hydrogen) atoms. The molecule has 4 heteroatoms. The van der Waals surface area contributed by atoms with E-state index >= 15 is 0 Å². The van der Waals surface area contributed by atoms with E-state index in [-0.39, 0.29) is 11.5 Å². The molecule has 1 unspecified atom stereocenters. The number of nitrogens with zero attached hydrogens (tertiary/aromatic N) is 1. The first-order chi connectivity index (χ1) is 9.18. The van der Waals surface area contributed by atoms with E-state index in [1.807, 2.05) is 24.5 Å². The Kier molecular flexibility index (Phi) is 3.09. The minimum atomic E-state index is -0.00382. The molecule has 1 aromatic heterocycles. The highest BCUT2D eigenvalue weighted by Crippen LogP contribution is 2.45. The minimum absolute atomic E-state index is 0.00382. The third-order valence-corrected chi connectivity index (χ3v) is 4.09. The van der Waals surface area contributed by atoms with Gasteiger partial charge in [0.05, 0.1) is 19.5 Å². The minimum Gasteiger partial charge on any atom is -0.464 e. The summed E-state index contributed by atoms with van der Waals surface area (Å²) in [5, 5.41) is 1.17. The van der Waals surface area contributed by atoms with E-state index < -0.39 is 0 Å². The SMILES string of the molecule is CN(C)C(c1coc2ccccc12)C1(CN)COC1. The number of benzene rings is 1. The van der Waals surface area contributed by atoms with Crippen LogP contribution in [0.2, 0.25) is 0 Å². The van der Waals surface area contributed by atoms with Gasteiger partial charge in [0.15, 0.2) is 0 Å². The van der Waals surface area contributed by atoms with Crippen LogP contribution in [0.15, 0.2) is 34.9 Å². The molecule has 0 amide bonds. The molecule has 1 aliphatic heterocycles. The third kappa shape index (κ3) is 1.87. The third-order valence-electron chi connectivity index (χ3n) is 4.09. The molecular formula is C15H20N2O2. The monoisotopic (exact) mass is 260 g/mol. The lowest BCUT2D eigenvalue weighted by molar-refractivity contribution is -0.145. The van der Waals surface area contributed by atoms with Gasteiger partial charge in [0.1, 0.15) is 5.58 Å². The zero-order chi connectivity index (χ0) is 13.5. The fourth-order valence-corrected chi connectivity index (χ4v) is 3.12. The number of hydrogen-bond donors (Lipinski definition) is 1. The highest BCUT2D eigenvalue weighted by molar-refractivity contribution is 5.81. The first-order valence-corrected chi connectivity index (χ1v) is 6.58. The van der Waals surface area contributed by atoms with Crippen LogP contribution in [0.5, 0.6) is 0 Å². The lowest BCUT2D eigenvalue weighted by Crippen LogP contribution is -2.55. The predicted molar refractivity (Wildman–Crippen MR) is 74.9 cm³/mol. The van der Waals surface area contributed by atoms with Gasteiger partial charge in [-0.25, -0.2) is 0 Å². The van der Waals surface area contributed by atoms with Gasteiger partial charge in [-0.2, -0.15) is 0 Å². The zero-order valence-corrected chi connectivity index (χ0v) is 11.4. The van der Waals surface area contributed by atoms with Crippen molar-refractivity contribution in [2.45, 2.75) is 6.04 Å².